The molecule has 3 nitrogen and oxygen atoms in total. The van der Waals surface area contributed by atoms with Crippen LogP contribution in [0.25, 0.3) is 0 Å². The number of halogens is 2. The van der Waals surface area contributed by atoms with Gasteiger partial charge in [0.15, 0.2) is 0 Å². The third-order valence-electron chi connectivity index (χ3n) is 4.22. The van der Waals surface area contributed by atoms with Crippen molar-refractivity contribution < 1.29 is 9.13 Å². The Morgan fingerprint density at radius 2 is 2.30 bits per heavy atom. The fraction of sp³-hybridized carbons (Fsp3) is 0.600. The summed E-state index contributed by atoms with van der Waals surface area (Å²) >= 11 is 3.41. The highest BCUT2D eigenvalue weighted by Gasteiger charge is 2.32. The van der Waals surface area contributed by atoms with Crippen LogP contribution in [0.4, 0.5) is 4.39 Å². The number of rotatable bonds is 4. The zero-order chi connectivity index (χ0) is 14.7. The van der Waals surface area contributed by atoms with Gasteiger partial charge in [0, 0.05) is 42.3 Å². The average molecular weight is 345 g/mol. The lowest BCUT2D eigenvalue weighted by Gasteiger charge is -2.42. The molecule has 1 fully saturated rings. The van der Waals surface area contributed by atoms with Gasteiger partial charge < -0.3 is 10.5 Å². The zero-order valence-corrected chi connectivity index (χ0v) is 13.6. The van der Waals surface area contributed by atoms with Crippen LogP contribution in [0.15, 0.2) is 22.7 Å². The van der Waals surface area contributed by atoms with Crippen LogP contribution in [0.2, 0.25) is 0 Å². The molecule has 5 heteroatoms. The van der Waals surface area contributed by atoms with Crippen molar-refractivity contribution in [2.45, 2.75) is 38.0 Å². The molecule has 1 aromatic rings. The molecule has 0 amide bonds. The molecule has 0 spiro atoms. The highest BCUT2D eigenvalue weighted by molar-refractivity contribution is 9.10. The molecule has 0 bridgehead atoms. The third-order valence-corrected chi connectivity index (χ3v) is 4.72. The van der Waals surface area contributed by atoms with Gasteiger partial charge in [-0.15, -0.1) is 0 Å². The fourth-order valence-corrected chi connectivity index (χ4v) is 3.38. The van der Waals surface area contributed by atoms with E-state index in [-0.39, 0.29) is 24.0 Å². The Hall–Kier alpha value is -0.490. The van der Waals surface area contributed by atoms with E-state index >= 15 is 0 Å². The minimum absolute atomic E-state index is 0.0128. The minimum atomic E-state index is -0.162. The van der Waals surface area contributed by atoms with Crippen LogP contribution >= 0.6 is 15.9 Å². The number of hydrogen-bond acceptors (Lipinski definition) is 3. The van der Waals surface area contributed by atoms with E-state index in [0.717, 1.165) is 23.9 Å². The summed E-state index contributed by atoms with van der Waals surface area (Å²) in [5, 5.41) is 0. The van der Waals surface area contributed by atoms with Crippen molar-refractivity contribution >= 4 is 15.9 Å². The molecule has 3 atom stereocenters. The first-order valence-corrected chi connectivity index (χ1v) is 7.79. The van der Waals surface area contributed by atoms with Crippen molar-refractivity contribution in [1.82, 2.24) is 4.90 Å². The smallest absolute Gasteiger partial charge is 0.128 e. The quantitative estimate of drug-likeness (QED) is 0.912. The Kier molecular flexibility index (Phi) is 5.55. The Balaban J connectivity index is 2.19. The SMILES string of the molecule is COC1CCN(C(C)c2cc(Br)ccc2F)C(CN)C1. The van der Waals surface area contributed by atoms with Crippen LogP contribution in [0, 0.1) is 5.82 Å². The number of benzene rings is 1. The third kappa shape index (κ3) is 3.39. The summed E-state index contributed by atoms with van der Waals surface area (Å²) in [5.41, 5.74) is 6.61. The molecule has 20 heavy (non-hydrogen) atoms. The lowest BCUT2D eigenvalue weighted by Crippen LogP contribution is -2.49. The van der Waals surface area contributed by atoms with Gasteiger partial charge >= 0.3 is 0 Å². The Bertz CT molecular complexity index is 457. The maximum absolute atomic E-state index is 14.0. The number of ether oxygens (including phenoxy) is 1. The molecule has 0 aliphatic carbocycles. The van der Waals surface area contributed by atoms with Gasteiger partial charge in [0.2, 0.25) is 0 Å². The normalized spacial score (nSPS) is 25.6. The molecule has 1 aliphatic rings. The summed E-state index contributed by atoms with van der Waals surface area (Å²) in [6, 6.07) is 5.34. The average Bonchev–Trinajstić information content (AvgIpc) is 2.48. The van der Waals surface area contributed by atoms with Gasteiger partial charge in [0.25, 0.3) is 0 Å². The highest BCUT2D eigenvalue weighted by atomic mass is 79.9. The summed E-state index contributed by atoms with van der Waals surface area (Å²) in [5.74, 6) is -0.162. The van der Waals surface area contributed by atoms with Crippen LogP contribution in [0.3, 0.4) is 0 Å². The molecule has 1 aliphatic heterocycles. The van der Waals surface area contributed by atoms with Crippen LogP contribution < -0.4 is 5.73 Å². The lowest BCUT2D eigenvalue weighted by molar-refractivity contribution is -0.00216. The fourth-order valence-electron chi connectivity index (χ4n) is 3.00. The van der Waals surface area contributed by atoms with E-state index in [4.69, 9.17) is 10.5 Å². The first-order valence-electron chi connectivity index (χ1n) is 7.00. The number of likely N-dealkylation sites (tertiary alicyclic amines) is 1. The molecule has 2 rings (SSSR count). The number of methoxy groups -OCH3 is 1. The molecule has 112 valence electrons. The molecule has 1 saturated heterocycles. The summed E-state index contributed by atoms with van der Waals surface area (Å²) < 4.78 is 20.4. The molecule has 1 aromatic carbocycles. The molecule has 1 heterocycles. The maximum atomic E-state index is 14.0. The van der Waals surface area contributed by atoms with Gasteiger partial charge in [0.05, 0.1) is 6.10 Å². The maximum Gasteiger partial charge on any atom is 0.128 e. The first-order chi connectivity index (χ1) is 9.56. The van der Waals surface area contributed by atoms with E-state index < -0.39 is 0 Å². The molecular formula is C15H22BrFN2O. The number of nitrogens with two attached hydrogens (primary N) is 1. The molecular weight excluding hydrogens is 323 g/mol. The van der Waals surface area contributed by atoms with Gasteiger partial charge in [-0.1, -0.05) is 15.9 Å². The van der Waals surface area contributed by atoms with E-state index in [2.05, 4.69) is 20.8 Å². The lowest BCUT2D eigenvalue weighted by atomic mass is 9.95. The van der Waals surface area contributed by atoms with Gasteiger partial charge in [-0.3, -0.25) is 4.90 Å². The standard InChI is InChI=1S/C15H22BrFN2O/c1-10(14-7-11(16)3-4-15(14)17)19-6-5-13(20-2)8-12(19)9-18/h3-4,7,10,12-13H,5-6,8-9,18H2,1-2H3. The molecule has 0 saturated carbocycles. The molecule has 2 N–H and O–H groups in total. The van der Waals surface area contributed by atoms with E-state index in [9.17, 15) is 4.39 Å². The van der Waals surface area contributed by atoms with Crippen LogP contribution in [-0.2, 0) is 4.74 Å². The number of piperidine rings is 1. The second-order valence-corrected chi connectivity index (χ2v) is 6.27. The van der Waals surface area contributed by atoms with Crippen LogP contribution in [0.1, 0.15) is 31.4 Å². The van der Waals surface area contributed by atoms with E-state index in [1.54, 1.807) is 13.2 Å². The largest absolute Gasteiger partial charge is 0.381 e. The summed E-state index contributed by atoms with van der Waals surface area (Å²) in [6.45, 7) is 3.49. The monoisotopic (exact) mass is 344 g/mol. The van der Waals surface area contributed by atoms with E-state index in [1.807, 2.05) is 13.0 Å². The van der Waals surface area contributed by atoms with Gasteiger partial charge in [0.1, 0.15) is 5.82 Å². The van der Waals surface area contributed by atoms with E-state index in [1.165, 1.54) is 6.07 Å². The van der Waals surface area contributed by atoms with Gasteiger partial charge in [-0.2, -0.15) is 0 Å². The Labute approximate surface area is 128 Å². The minimum Gasteiger partial charge on any atom is -0.381 e. The van der Waals surface area contributed by atoms with Crippen molar-refractivity contribution in [1.29, 1.82) is 0 Å². The predicted molar refractivity (Wildman–Crippen MR) is 82.1 cm³/mol. The summed E-state index contributed by atoms with van der Waals surface area (Å²) in [4.78, 5) is 2.29. The van der Waals surface area contributed by atoms with Crippen molar-refractivity contribution in [3.8, 4) is 0 Å². The summed E-state index contributed by atoms with van der Waals surface area (Å²) in [7, 11) is 1.74. The Morgan fingerprint density at radius 3 is 2.95 bits per heavy atom. The molecule has 0 radical (unpaired) electrons. The van der Waals surface area contributed by atoms with Crippen molar-refractivity contribution in [2.24, 2.45) is 5.73 Å². The van der Waals surface area contributed by atoms with Crippen LogP contribution in [-0.4, -0.2) is 37.2 Å². The number of nitrogens with zero attached hydrogens (tertiary/aromatic N) is 1. The molecule has 0 aromatic heterocycles. The second-order valence-electron chi connectivity index (χ2n) is 5.35. The Morgan fingerprint density at radius 1 is 1.55 bits per heavy atom. The van der Waals surface area contributed by atoms with Crippen LogP contribution in [0.5, 0.6) is 0 Å². The van der Waals surface area contributed by atoms with E-state index in [0.29, 0.717) is 12.1 Å². The van der Waals surface area contributed by atoms with Gasteiger partial charge in [-0.25, -0.2) is 4.39 Å². The molecule has 3 unspecified atom stereocenters. The predicted octanol–water partition coefficient (Wildman–Crippen LogP) is 3.09. The number of hydrogen-bond donors (Lipinski definition) is 1. The van der Waals surface area contributed by atoms with Crippen molar-refractivity contribution in [3.05, 3.63) is 34.1 Å². The van der Waals surface area contributed by atoms with Crippen molar-refractivity contribution in [2.75, 3.05) is 20.2 Å². The zero-order valence-electron chi connectivity index (χ0n) is 12.0. The van der Waals surface area contributed by atoms with Gasteiger partial charge in [-0.05, 0) is 38.0 Å². The first kappa shape index (κ1) is 15.9. The highest BCUT2D eigenvalue weighted by Crippen LogP contribution is 2.31. The summed E-state index contributed by atoms with van der Waals surface area (Å²) in [6.07, 6.45) is 2.14. The topological polar surface area (TPSA) is 38.5 Å². The van der Waals surface area contributed by atoms with Crippen molar-refractivity contribution in [3.63, 3.8) is 0 Å². The second kappa shape index (κ2) is 6.98.